The van der Waals surface area contributed by atoms with Gasteiger partial charge in [-0.15, -0.1) is 0 Å². The van der Waals surface area contributed by atoms with Crippen molar-refractivity contribution < 1.29 is 8.42 Å². The fraction of sp³-hybridized carbons (Fsp3) is 0.571. The minimum atomic E-state index is -3.75. The molecule has 1 rings (SSSR count). The minimum Gasteiger partial charge on any atom is -0.399 e. The van der Waals surface area contributed by atoms with Crippen LogP contribution >= 0.6 is 23.2 Å². The van der Waals surface area contributed by atoms with E-state index in [1.807, 2.05) is 6.92 Å². The monoisotopic (exact) mass is 352 g/mol. The lowest BCUT2D eigenvalue weighted by atomic mass is 10.1. The van der Waals surface area contributed by atoms with Crippen molar-refractivity contribution in [3.8, 4) is 0 Å². The van der Waals surface area contributed by atoms with Gasteiger partial charge in [0.05, 0.1) is 10.0 Å². The van der Waals surface area contributed by atoms with Crippen molar-refractivity contribution in [2.24, 2.45) is 0 Å². The predicted octanol–water partition coefficient (Wildman–Crippen LogP) is 4.21. The average Bonchev–Trinajstić information content (AvgIpc) is 2.32. The summed E-state index contributed by atoms with van der Waals surface area (Å²) in [7, 11) is -3.75. The highest BCUT2D eigenvalue weighted by atomic mass is 35.5. The Balaban J connectivity index is 2.78. The van der Waals surface area contributed by atoms with Crippen LogP contribution in [0, 0.1) is 0 Å². The average molecular weight is 353 g/mol. The van der Waals surface area contributed by atoms with Crippen LogP contribution in [0.25, 0.3) is 0 Å². The van der Waals surface area contributed by atoms with Crippen LogP contribution < -0.4 is 10.5 Å². The van der Waals surface area contributed by atoms with Gasteiger partial charge in [0.15, 0.2) is 0 Å². The number of nitrogens with one attached hydrogen (secondary N) is 1. The van der Waals surface area contributed by atoms with E-state index in [0.717, 1.165) is 32.1 Å². The minimum absolute atomic E-state index is 0.0330. The predicted molar refractivity (Wildman–Crippen MR) is 89.4 cm³/mol. The van der Waals surface area contributed by atoms with Crippen molar-refractivity contribution in [3.05, 3.63) is 22.2 Å². The summed E-state index contributed by atoms with van der Waals surface area (Å²) in [6.45, 7) is 3.97. The molecule has 0 saturated carbocycles. The molecule has 0 spiro atoms. The standard InChI is InChI=1S/C14H22Cl2N2O2S/c1-3-4-5-6-7-10(2)18-21(19,20)14-12(15)8-11(17)9-13(14)16/h8-10,18H,3-7,17H2,1-2H3. The van der Waals surface area contributed by atoms with Crippen LogP contribution in [0.15, 0.2) is 17.0 Å². The van der Waals surface area contributed by atoms with E-state index in [4.69, 9.17) is 28.9 Å². The number of hydrogen-bond donors (Lipinski definition) is 2. The summed E-state index contributed by atoms with van der Waals surface area (Å²) in [4.78, 5) is -0.111. The Bertz CT molecular complexity index is 553. The molecule has 0 heterocycles. The van der Waals surface area contributed by atoms with E-state index in [9.17, 15) is 8.42 Å². The van der Waals surface area contributed by atoms with E-state index >= 15 is 0 Å². The molecule has 4 nitrogen and oxygen atoms in total. The molecule has 0 aliphatic rings. The van der Waals surface area contributed by atoms with Gasteiger partial charge < -0.3 is 5.73 Å². The quantitative estimate of drug-likeness (QED) is 0.543. The zero-order valence-corrected chi connectivity index (χ0v) is 14.7. The number of halogens is 2. The van der Waals surface area contributed by atoms with Crippen molar-refractivity contribution in [3.63, 3.8) is 0 Å². The Labute approximate surface area is 137 Å². The van der Waals surface area contributed by atoms with E-state index in [1.165, 1.54) is 12.1 Å². The number of anilines is 1. The van der Waals surface area contributed by atoms with Gasteiger partial charge in [0.25, 0.3) is 0 Å². The summed E-state index contributed by atoms with van der Waals surface area (Å²) >= 11 is 11.9. The molecule has 0 amide bonds. The van der Waals surface area contributed by atoms with Gasteiger partial charge in [0, 0.05) is 11.7 Å². The number of unbranched alkanes of at least 4 members (excludes halogenated alkanes) is 3. The van der Waals surface area contributed by atoms with Gasteiger partial charge >= 0.3 is 0 Å². The lowest BCUT2D eigenvalue weighted by Crippen LogP contribution is -2.33. The Morgan fingerprint density at radius 1 is 1.19 bits per heavy atom. The Morgan fingerprint density at radius 3 is 2.29 bits per heavy atom. The van der Waals surface area contributed by atoms with Gasteiger partial charge in [0.2, 0.25) is 10.0 Å². The zero-order chi connectivity index (χ0) is 16.0. The van der Waals surface area contributed by atoms with E-state index in [2.05, 4.69) is 11.6 Å². The van der Waals surface area contributed by atoms with Crippen molar-refractivity contribution in [2.45, 2.75) is 56.9 Å². The molecule has 3 N–H and O–H groups in total. The van der Waals surface area contributed by atoms with Crippen molar-refractivity contribution in [1.29, 1.82) is 0 Å². The lowest BCUT2D eigenvalue weighted by molar-refractivity contribution is 0.522. The van der Waals surface area contributed by atoms with Crippen LogP contribution in [-0.4, -0.2) is 14.5 Å². The third-order valence-electron chi connectivity index (χ3n) is 3.14. The molecule has 120 valence electrons. The first-order valence-corrected chi connectivity index (χ1v) is 9.28. The largest absolute Gasteiger partial charge is 0.399 e. The molecule has 21 heavy (non-hydrogen) atoms. The van der Waals surface area contributed by atoms with Gasteiger partial charge in [-0.1, -0.05) is 55.8 Å². The first-order chi connectivity index (χ1) is 9.77. The summed E-state index contributed by atoms with van der Waals surface area (Å²) < 4.78 is 27.3. The third kappa shape index (κ3) is 5.66. The SMILES string of the molecule is CCCCCCC(C)NS(=O)(=O)c1c(Cl)cc(N)cc1Cl. The molecule has 0 aliphatic heterocycles. The van der Waals surface area contributed by atoms with E-state index < -0.39 is 10.0 Å². The molecule has 0 saturated heterocycles. The van der Waals surface area contributed by atoms with Crippen molar-refractivity contribution in [1.82, 2.24) is 4.72 Å². The highest BCUT2D eigenvalue weighted by Gasteiger charge is 2.24. The van der Waals surface area contributed by atoms with E-state index in [1.54, 1.807) is 0 Å². The Morgan fingerprint density at radius 2 is 1.76 bits per heavy atom. The number of sulfonamides is 1. The Kier molecular flexibility index (Phi) is 7.27. The van der Waals surface area contributed by atoms with Crippen LogP contribution in [0.4, 0.5) is 5.69 Å². The Hall–Kier alpha value is -0.490. The highest BCUT2D eigenvalue weighted by molar-refractivity contribution is 7.89. The number of benzene rings is 1. The van der Waals surface area contributed by atoms with Crippen molar-refractivity contribution >= 4 is 38.9 Å². The number of nitrogen functional groups attached to an aromatic ring is 1. The summed E-state index contributed by atoms with van der Waals surface area (Å²) in [6, 6.07) is 2.60. The molecule has 0 radical (unpaired) electrons. The van der Waals surface area contributed by atoms with Gasteiger partial charge in [-0.2, -0.15) is 0 Å². The molecular weight excluding hydrogens is 331 g/mol. The molecule has 1 unspecified atom stereocenters. The topological polar surface area (TPSA) is 72.2 Å². The van der Waals surface area contributed by atoms with Crippen LogP contribution in [0.1, 0.15) is 46.0 Å². The summed E-state index contributed by atoms with van der Waals surface area (Å²) in [5.41, 5.74) is 5.91. The maximum atomic E-state index is 12.4. The van der Waals surface area contributed by atoms with Crippen LogP contribution in [-0.2, 0) is 10.0 Å². The molecule has 0 aromatic heterocycles. The second kappa shape index (κ2) is 8.22. The third-order valence-corrected chi connectivity index (χ3v) is 5.65. The fourth-order valence-electron chi connectivity index (χ4n) is 2.10. The van der Waals surface area contributed by atoms with E-state index in [0.29, 0.717) is 5.69 Å². The van der Waals surface area contributed by atoms with E-state index in [-0.39, 0.29) is 21.0 Å². The molecule has 0 aliphatic carbocycles. The van der Waals surface area contributed by atoms with Gasteiger partial charge in [-0.3, -0.25) is 0 Å². The zero-order valence-electron chi connectivity index (χ0n) is 12.3. The maximum Gasteiger partial charge on any atom is 0.243 e. The molecule has 1 atom stereocenters. The van der Waals surface area contributed by atoms with Crippen LogP contribution in [0.2, 0.25) is 10.0 Å². The smallest absolute Gasteiger partial charge is 0.243 e. The normalized spacial score (nSPS) is 13.3. The molecular formula is C14H22Cl2N2O2S. The van der Waals surface area contributed by atoms with Crippen LogP contribution in [0.3, 0.4) is 0 Å². The van der Waals surface area contributed by atoms with Gasteiger partial charge in [-0.25, -0.2) is 13.1 Å². The second-order valence-electron chi connectivity index (χ2n) is 5.19. The molecule has 1 aromatic carbocycles. The molecule has 0 bridgehead atoms. The summed E-state index contributed by atoms with van der Waals surface area (Å²) in [6.07, 6.45) is 5.18. The van der Waals surface area contributed by atoms with Crippen LogP contribution in [0.5, 0.6) is 0 Å². The fourth-order valence-corrected chi connectivity index (χ4v) is 4.61. The summed E-state index contributed by atoms with van der Waals surface area (Å²) in [5, 5.41) is 0.0661. The van der Waals surface area contributed by atoms with Crippen molar-refractivity contribution in [2.75, 3.05) is 5.73 Å². The number of nitrogens with two attached hydrogens (primary N) is 1. The molecule has 7 heteroatoms. The van der Waals surface area contributed by atoms with Gasteiger partial charge in [0.1, 0.15) is 4.90 Å². The maximum absolute atomic E-state index is 12.4. The first kappa shape index (κ1) is 18.6. The molecule has 1 aromatic rings. The second-order valence-corrected chi connectivity index (χ2v) is 7.65. The lowest BCUT2D eigenvalue weighted by Gasteiger charge is -2.16. The van der Waals surface area contributed by atoms with Gasteiger partial charge in [-0.05, 0) is 25.5 Å². The summed E-state index contributed by atoms with van der Waals surface area (Å²) in [5.74, 6) is 0. The first-order valence-electron chi connectivity index (χ1n) is 7.04. The highest BCUT2D eigenvalue weighted by Crippen LogP contribution is 2.31. The number of rotatable bonds is 8. The number of hydrogen-bond acceptors (Lipinski definition) is 3. The molecule has 0 fully saturated rings.